The number of rotatable bonds is 3. The first-order valence-electron chi connectivity index (χ1n) is 7.72. The Labute approximate surface area is 146 Å². The molecule has 0 amide bonds. The highest BCUT2D eigenvalue weighted by Gasteiger charge is 2.37. The van der Waals surface area contributed by atoms with Gasteiger partial charge in [-0.05, 0) is 38.5 Å². The van der Waals surface area contributed by atoms with E-state index in [1.165, 1.54) is 0 Å². The highest BCUT2D eigenvalue weighted by molar-refractivity contribution is 5.76. The van der Waals surface area contributed by atoms with E-state index in [0.717, 1.165) is 10.1 Å². The zero-order chi connectivity index (χ0) is 19.1. The molecule has 6 nitrogen and oxygen atoms in total. The van der Waals surface area contributed by atoms with Crippen molar-refractivity contribution < 1.29 is 22.7 Å². The summed E-state index contributed by atoms with van der Waals surface area (Å²) in [5, 5.41) is 3.45. The van der Waals surface area contributed by atoms with Gasteiger partial charge in [0.25, 0.3) is 11.6 Å². The molecule has 0 atom stereocenters. The first-order valence-corrected chi connectivity index (χ1v) is 7.72. The fourth-order valence-electron chi connectivity index (χ4n) is 2.57. The minimum atomic E-state index is -4.67. The summed E-state index contributed by atoms with van der Waals surface area (Å²) in [7, 11) is 0. The number of hydrogen-bond donors (Lipinski definition) is 0. The number of halogens is 3. The number of benzene rings is 1. The van der Waals surface area contributed by atoms with Gasteiger partial charge in [-0.1, -0.05) is 12.1 Å². The van der Waals surface area contributed by atoms with Crippen LogP contribution in [0, 0.1) is 20.8 Å². The monoisotopic (exact) mass is 364 g/mol. The van der Waals surface area contributed by atoms with Crippen molar-refractivity contribution in [3.8, 4) is 5.75 Å². The number of carbonyl (C=O) groups excluding carboxylic acids is 1. The van der Waals surface area contributed by atoms with Gasteiger partial charge in [0.05, 0.1) is 6.42 Å². The molecule has 26 heavy (non-hydrogen) atoms. The molecule has 0 radical (unpaired) electrons. The molecule has 0 aliphatic rings. The maximum atomic E-state index is 12.8. The molecular weight excluding hydrogens is 349 g/mol. The lowest BCUT2D eigenvalue weighted by molar-refractivity contribution is -0.144. The minimum Gasteiger partial charge on any atom is -0.426 e. The minimum absolute atomic E-state index is 0.143. The van der Waals surface area contributed by atoms with Crippen molar-refractivity contribution >= 4 is 11.7 Å². The molecule has 9 heteroatoms. The van der Waals surface area contributed by atoms with E-state index in [2.05, 4.69) is 15.1 Å². The van der Waals surface area contributed by atoms with Crippen LogP contribution in [0.15, 0.2) is 24.3 Å². The van der Waals surface area contributed by atoms with E-state index >= 15 is 0 Å². The maximum absolute atomic E-state index is 12.8. The average molecular weight is 364 g/mol. The van der Waals surface area contributed by atoms with Gasteiger partial charge in [0.1, 0.15) is 5.75 Å². The first kappa shape index (κ1) is 17.8. The van der Waals surface area contributed by atoms with Gasteiger partial charge in [0.2, 0.25) is 0 Å². The Morgan fingerprint density at radius 1 is 1.19 bits per heavy atom. The molecular formula is C17H15F3N4O2. The third kappa shape index (κ3) is 3.51. The molecule has 0 saturated carbocycles. The Bertz CT molecular complexity index is 996. The molecule has 0 unspecified atom stereocenters. The van der Waals surface area contributed by atoms with Crippen LogP contribution in [0.1, 0.15) is 28.3 Å². The molecule has 0 aliphatic carbocycles. The number of carbonyl (C=O) groups is 1. The molecule has 0 spiro atoms. The highest BCUT2D eigenvalue weighted by atomic mass is 19.4. The summed E-state index contributed by atoms with van der Waals surface area (Å²) in [5.74, 6) is -1.58. The van der Waals surface area contributed by atoms with Crippen LogP contribution < -0.4 is 4.74 Å². The first-order chi connectivity index (χ1) is 12.1. The number of aryl methyl sites for hydroxylation is 3. The van der Waals surface area contributed by atoms with Crippen molar-refractivity contribution in [3.05, 3.63) is 52.6 Å². The lowest BCUT2D eigenvalue weighted by Gasteiger charge is -2.10. The SMILES string of the molecule is Cc1cccc(OC(=O)Cc2c(C)nc3nc(C(F)(F)F)nn3c2C)c1. The molecule has 1 aromatic carbocycles. The van der Waals surface area contributed by atoms with Gasteiger partial charge in [-0.25, -0.2) is 9.50 Å². The van der Waals surface area contributed by atoms with Gasteiger partial charge >= 0.3 is 12.1 Å². The van der Waals surface area contributed by atoms with E-state index in [-0.39, 0.29) is 12.2 Å². The van der Waals surface area contributed by atoms with E-state index in [0.29, 0.717) is 22.7 Å². The number of hydrogen-bond acceptors (Lipinski definition) is 5. The van der Waals surface area contributed by atoms with Crippen LogP contribution in [0.2, 0.25) is 0 Å². The van der Waals surface area contributed by atoms with Crippen molar-refractivity contribution in [3.63, 3.8) is 0 Å². The van der Waals surface area contributed by atoms with Gasteiger partial charge in [0, 0.05) is 17.0 Å². The van der Waals surface area contributed by atoms with Crippen molar-refractivity contribution in [1.29, 1.82) is 0 Å². The van der Waals surface area contributed by atoms with Gasteiger partial charge < -0.3 is 4.74 Å². The van der Waals surface area contributed by atoms with E-state index in [9.17, 15) is 18.0 Å². The molecule has 0 bridgehead atoms. The van der Waals surface area contributed by atoms with Gasteiger partial charge in [-0.2, -0.15) is 18.2 Å². The normalized spacial score (nSPS) is 11.8. The summed E-state index contributed by atoms with van der Waals surface area (Å²) < 4.78 is 44.7. The van der Waals surface area contributed by atoms with Crippen LogP contribution >= 0.6 is 0 Å². The molecule has 0 N–H and O–H groups in total. The van der Waals surface area contributed by atoms with E-state index in [1.807, 2.05) is 13.0 Å². The summed E-state index contributed by atoms with van der Waals surface area (Å²) in [6.07, 6.45) is -4.81. The second-order valence-electron chi connectivity index (χ2n) is 5.87. The maximum Gasteiger partial charge on any atom is 0.453 e. The summed E-state index contributed by atoms with van der Waals surface area (Å²) in [6, 6.07) is 6.99. The Morgan fingerprint density at radius 2 is 1.92 bits per heavy atom. The van der Waals surface area contributed by atoms with Gasteiger partial charge in [0.15, 0.2) is 0 Å². The molecule has 0 fully saturated rings. The lowest BCUT2D eigenvalue weighted by atomic mass is 10.1. The number of alkyl halides is 3. The standard InChI is InChI=1S/C17H15F3N4O2/c1-9-5-4-6-12(7-9)26-14(25)8-13-10(2)21-16-22-15(17(18,19)20)23-24(16)11(13)3/h4-7H,8H2,1-3H3. The average Bonchev–Trinajstić information content (AvgIpc) is 2.96. The number of aromatic nitrogens is 4. The van der Waals surface area contributed by atoms with Crippen LogP contribution in [-0.4, -0.2) is 25.6 Å². The predicted octanol–water partition coefficient (Wildman–Crippen LogP) is 3.22. The van der Waals surface area contributed by atoms with Crippen LogP contribution in [0.4, 0.5) is 13.2 Å². The van der Waals surface area contributed by atoms with Crippen molar-refractivity contribution in [2.24, 2.45) is 0 Å². The Kier molecular flexibility index (Phi) is 4.39. The fraction of sp³-hybridized carbons (Fsp3) is 0.294. The van der Waals surface area contributed by atoms with E-state index in [4.69, 9.17) is 4.74 Å². The Morgan fingerprint density at radius 3 is 2.58 bits per heavy atom. The molecule has 3 aromatic rings. The number of fused-ring (bicyclic) bond motifs is 1. The van der Waals surface area contributed by atoms with Crippen LogP contribution in [0.3, 0.4) is 0 Å². The summed E-state index contributed by atoms with van der Waals surface area (Å²) in [6.45, 7) is 5.03. The van der Waals surface area contributed by atoms with E-state index < -0.39 is 18.0 Å². The fourth-order valence-corrected chi connectivity index (χ4v) is 2.57. The molecule has 3 rings (SSSR count). The molecule has 136 valence electrons. The van der Waals surface area contributed by atoms with Crippen LogP contribution in [0.25, 0.3) is 5.78 Å². The van der Waals surface area contributed by atoms with Crippen LogP contribution in [0.5, 0.6) is 5.75 Å². The quantitative estimate of drug-likeness (QED) is 0.527. The topological polar surface area (TPSA) is 69.4 Å². The summed E-state index contributed by atoms with van der Waals surface area (Å²) in [4.78, 5) is 19.7. The third-order valence-electron chi connectivity index (χ3n) is 3.84. The largest absolute Gasteiger partial charge is 0.453 e. The smallest absolute Gasteiger partial charge is 0.426 e. The second-order valence-corrected chi connectivity index (χ2v) is 5.87. The molecule has 0 aliphatic heterocycles. The third-order valence-corrected chi connectivity index (χ3v) is 3.84. The Balaban J connectivity index is 1.91. The highest BCUT2D eigenvalue weighted by Crippen LogP contribution is 2.27. The number of esters is 1. The van der Waals surface area contributed by atoms with Crippen molar-refractivity contribution in [1.82, 2.24) is 19.6 Å². The summed E-state index contributed by atoms with van der Waals surface area (Å²) in [5.41, 5.74) is 2.15. The van der Waals surface area contributed by atoms with Gasteiger partial charge in [-0.3, -0.25) is 4.79 Å². The molecule has 2 heterocycles. The van der Waals surface area contributed by atoms with Crippen molar-refractivity contribution in [2.75, 3.05) is 0 Å². The second kappa shape index (κ2) is 6.40. The zero-order valence-electron chi connectivity index (χ0n) is 14.3. The Hall–Kier alpha value is -2.97. The lowest BCUT2D eigenvalue weighted by Crippen LogP contribution is -2.16. The molecule has 2 aromatic heterocycles. The predicted molar refractivity (Wildman–Crippen MR) is 85.8 cm³/mol. The number of nitrogens with zero attached hydrogens (tertiary/aromatic N) is 4. The van der Waals surface area contributed by atoms with Crippen molar-refractivity contribution in [2.45, 2.75) is 33.4 Å². The van der Waals surface area contributed by atoms with Gasteiger partial charge in [-0.15, -0.1) is 5.10 Å². The number of ether oxygens (including phenoxy) is 1. The van der Waals surface area contributed by atoms with E-state index in [1.54, 1.807) is 32.0 Å². The van der Waals surface area contributed by atoms with Crippen LogP contribution in [-0.2, 0) is 17.4 Å². The molecule has 0 saturated heterocycles. The zero-order valence-corrected chi connectivity index (χ0v) is 14.3. The summed E-state index contributed by atoms with van der Waals surface area (Å²) >= 11 is 0.